The van der Waals surface area contributed by atoms with Crippen LogP contribution in [0.25, 0.3) is 0 Å². The highest BCUT2D eigenvalue weighted by Gasteiger charge is 2.14. The second kappa shape index (κ2) is 10.2. The average Bonchev–Trinajstić information content (AvgIpc) is 2.76. The molecular weight excluding hydrogens is 397 g/mol. The summed E-state index contributed by atoms with van der Waals surface area (Å²) in [6.45, 7) is 3.86. The van der Waals surface area contributed by atoms with Crippen LogP contribution in [0, 0.1) is 19.7 Å². The Labute approximate surface area is 179 Å². The topological polar surface area (TPSA) is 79.8 Å². The number of hydrogen-bond acceptors (Lipinski definition) is 4. The van der Waals surface area contributed by atoms with Gasteiger partial charge in [0.05, 0.1) is 6.21 Å². The van der Waals surface area contributed by atoms with E-state index in [2.05, 4.69) is 15.8 Å². The van der Waals surface area contributed by atoms with Gasteiger partial charge in [-0.25, -0.2) is 9.82 Å². The van der Waals surface area contributed by atoms with Crippen LogP contribution >= 0.6 is 0 Å². The molecular formula is C24H22FN3O3. The van der Waals surface area contributed by atoms with E-state index in [1.165, 1.54) is 12.3 Å². The summed E-state index contributed by atoms with van der Waals surface area (Å²) >= 11 is 0. The van der Waals surface area contributed by atoms with Gasteiger partial charge in [0.25, 0.3) is 0 Å². The predicted octanol–water partition coefficient (Wildman–Crippen LogP) is 4.11. The van der Waals surface area contributed by atoms with Crippen molar-refractivity contribution in [2.75, 3.05) is 5.32 Å². The lowest BCUT2D eigenvalue weighted by Crippen LogP contribution is -2.32. The molecule has 0 unspecified atom stereocenters. The number of hydrazone groups is 1. The Bertz CT molecular complexity index is 1110. The minimum Gasteiger partial charge on any atom is -0.489 e. The zero-order valence-electron chi connectivity index (χ0n) is 17.2. The lowest BCUT2D eigenvalue weighted by molar-refractivity contribution is -0.136. The van der Waals surface area contributed by atoms with E-state index in [1.54, 1.807) is 48.5 Å². The Morgan fingerprint density at radius 1 is 1.00 bits per heavy atom. The summed E-state index contributed by atoms with van der Waals surface area (Å²) in [5.41, 5.74) is 5.76. The van der Waals surface area contributed by atoms with Crippen LogP contribution in [0.5, 0.6) is 5.75 Å². The first-order valence-electron chi connectivity index (χ1n) is 9.60. The summed E-state index contributed by atoms with van der Waals surface area (Å²) in [6, 6.07) is 18.9. The molecule has 0 saturated heterocycles. The molecule has 0 radical (unpaired) electrons. The fraction of sp³-hybridized carbons (Fsp3) is 0.125. The second-order valence-electron chi connectivity index (χ2n) is 6.92. The van der Waals surface area contributed by atoms with Gasteiger partial charge in [0.15, 0.2) is 0 Å². The second-order valence-corrected chi connectivity index (χ2v) is 6.92. The summed E-state index contributed by atoms with van der Waals surface area (Å²) in [7, 11) is 0. The van der Waals surface area contributed by atoms with Gasteiger partial charge in [-0.2, -0.15) is 5.10 Å². The maximum absolute atomic E-state index is 13.6. The SMILES string of the molecule is Cc1ccc(C)c(NC(=O)C(=O)N/N=C/c2ccc(OCc3ccccc3F)cc2)c1. The third kappa shape index (κ3) is 6.24. The maximum atomic E-state index is 13.6. The first kappa shape index (κ1) is 21.7. The molecule has 2 amide bonds. The molecule has 0 aromatic heterocycles. The number of rotatable bonds is 6. The highest BCUT2D eigenvalue weighted by Crippen LogP contribution is 2.16. The van der Waals surface area contributed by atoms with Crippen LogP contribution in [0.1, 0.15) is 22.3 Å². The highest BCUT2D eigenvalue weighted by atomic mass is 19.1. The molecule has 0 aliphatic carbocycles. The fourth-order valence-electron chi connectivity index (χ4n) is 2.69. The van der Waals surface area contributed by atoms with Crippen molar-refractivity contribution in [2.24, 2.45) is 5.10 Å². The molecule has 0 aliphatic heterocycles. The van der Waals surface area contributed by atoms with E-state index < -0.39 is 11.8 Å². The van der Waals surface area contributed by atoms with Gasteiger partial charge in [-0.05, 0) is 66.9 Å². The zero-order valence-corrected chi connectivity index (χ0v) is 17.2. The Hall–Kier alpha value is -4.00. The molecule has 158 valence electrons. The number of halogens is 1. The highest BCUT2D eigenvalue weighted by molar-refractivity contribution is 6.39. The standard InChI is InChI=1S/C24H22FN3O3/c1-16-7-8-17(2)22(13-16)27-23(29)24(30)28-26-14-18-9-11-20(12-10-18)31-15-19-5-3-4-6-21(19)25/h3-14H,15H2,1-2H3,(H,27,29)(H,28,30)/b26-14+. The minimum atomic E-state index is -0.873. The van der Waals surface area contributed by atoms with Crippen molar-refractivity contribution in [3.05, 3.63) is 94.8 Å². The predicted molar refractivity (Wildman–Crippen MR) is 117 cm³/mol. The molecule has 0 spiro atoms. The van der Waals surface area contributed by atoms with Gasteiger partial charge >= 0.3 is 11.8 Å². The zero-order chi connectivity index (χ0) is 22.2. The van der Waals surface area contributed by atoms with Gasteiger partial charge in [0, 0.05) is 11.3 Å². The van der Waals surface area contributed by atoms with Gasteiger partial charge < -0.3 is 10.1 Å². The van der Waals surface area contributed by atoms with Crippen LogP contribution in [0.3, 0.4) is 0 Å². The summed E-state index contributed by atoms with van der Waals surface area (Å²) < 4.78 is 19.2. The Balaban J connectivity index is 1.50. The fourth-order valence-corrected chi connectivity index (χ4v) is 2.69. The van der Waals surface area contributed by atoms with E-state index in [1.807, 2.05) is 26.0 Å². The summed E-state index contributed by atoms with van der Waals surface area (Å²) in [6.07, 6.45) is 1.41. The number of carbonyl (C=O) groups excluding carboxylic acids is 2. The molecule has 3 aromatic rings. The first-order valence-corrected chi connectivity index (χ1v) is 9.60. The number of benzene rings is 3. The maximum Gasteiger partial charge on any atom is 0.329 e. The molecule has 0 atom stereocenters. The van der Waals surface area contributed by atoms with Crippen LogP contribution in [0.4, 0.5) is 10.1 Å². The van der Waals surface area contributed by atoms with E-state index in [4.69, 9.17) is 4.74 Å². The number of nitrogens with zero attached hydrogens (tertiary/aromatic N) is 1. The number of ether oxygens (including phenoxy) is 1. The number of amides is 2. The van der Waals surface area contributed by atoms with E-state index in [0.29, 0.717) is 22.6 Å². The molecule has 0 fully saturated rings. The quantitative estimate of drug-likeness (QED) is 0.359. The first-order chi connectivity index (χ1) is 14.9. The van der Waals surface area contributed by atoms with E-state index >= 15 is 0 Å². The molecule has 3 rings (SSSR count). The average molecular weight is 419 g/mol. The molecule has 31 heavy (non-hydrogen) atoms. The van der Waals surface area contributed by atoms with Crippen molar-refractivity contribution in [3.8, 4) is 5.75 Å². The van der Waals surface area contributed by atoms with Crippen LogP contribution in [0.15, 0.2) is 71.8 Å². The third-order valence-electron chi connectivity index (χ3n) is 4.46. The number of nitrogens with one attached hydrogen (secondary N) is 2. The molecule has 0 aliphatic rings. The van der Waals surface area contributed by atoms with Gasteiger partial charge in [0.2, 0.25) is 0 Å². The van der Waals surface area contributed by atoms with Crippen molar-refractivity contribution in [1.29, 1.82) is 0 Å². The molecule has 0 saturated carbocycles. The Morgan fingerprint density at radius 2 is 1.74 bits per heavy atom. The number of anilines is 1. The summed E-state index contributed by atoms with van der Waals surface area (Å²) in [5, 5.41) is 6.37. The molecule has 2 N–H and O–H groups in total. The monoisotopic (exact) mass is 419 g/mol. The summed E-state index contributed by atoms with van der Waals surface area (Å²) in [4.78, 5) is 24.0. The van der Waals surface area contributed by atoms with E-state index in [9.17, 15) is 14.0 Å². The van der Waals surface area contributed by atoms with Crippen molar-refractivity contribution in [1.82, 2.24) is 5.43 Å². The lowest BCUT2D eigenvalue weighted by Gasteiger charge is -2.08. The Kier molecular flexibility index (Phi) is 7.11. The summed E-state index contributed by atoms with van der Waals surface area (Å²) in [5.74, 6) is -1.43. The number of hydrogen-bond donors (Lipinski definition) is 2. The molecule has 6 nitrogen and oxygen atoms in total. The van der Waals surface area contributed by atoms with Crippen LogP contribution < -0.4 is 15.5 Å². The minimum absolute atomic E-state index is 0.117. The van der Waals surface area contributed by atoms with Crippen LogP contribution in [0.2, 0.25) is 0 Å². The van der Waals surface area contributed by atoms with E-state index in [0.717, 1.165) is 11.1 Å². The molecule has 3 aromatic carbocycles. The smallest absolute Gasteiger partial charge is 0.329 e. The van der Waals surface area contributed by atoms with Crippen LogP contribution in [-0.4, -0.2) is 18.0 Å². The van der Waals surface area contributed by atoms with Gasteiger partial charge in [0.1, 0.15) is 18.2 Å². The van der Waals surface area contributed by atoms with Crippen molar-refractivity contribution < 1.29 is 18.7 Å². The molecule has 0 bridgehead atoms. The normalized spacial score (nSPS) is 10.7. The number of aryl methyl sites for hydroxylation is 2. The van der Waals surface area contributed by atoms with Crippen molar-refractivity contribution in [2.45, 2.75) is 20.5 Å². The van der Waals surface area contributed by atoms with Gasteiger partial charge in [-0.3, -0.25) is 9.59 Å². The lowest BCUT2D eigenvalue weighted by atomic mass is 10.1. The Morgan fingerprint density at radius 3 is 2.48 bits per heavy atom. The molecule has 0 heterocycles. The van der Waals surface area contributed by atoms with Gasteiger partial charge in [-0.15, -0.1) is 0 Å². The largest absolute Gasteiger partial charge is 0.489 e. The molecule has 7 heteroatoms. The van der Waals surface area contributed by atoms with Crippen molar-refractivity contribution in [3.63, 3.8) is 0 Å². The van der Waals surface area contributed by atoms with Gasteiger partial charge in [-0.1, -0.05) is 30.3 Å². The van der Waals surface area contributed by atoms with E-state index in [-0.39, 0.29) is 12.4 Å². The third-order valence-corrected chi connectivity index (χ3v) is 4.46. The van der Waals surface area contributed by atoms with Crippen LogP contribution in [-0.2, 0) is 16.2 Å². The number of carbonyl (C=O) groups is 2. The van der Waals surface area contributed by atoms with Crippen molar-refractivity contribution >= 4 is 23.7 Å².